The molecule has 1 fully saturated rings. The molecule has 0 radical (unpaired) electrons. The molecule has 0 amide bonds. The Bertz CT molecular complexity index is 1440. The number of benzene rings is 2. The van der Waals surface area contributed by atoms with Crippen molar-refractivity contribution in [1.82, 2.24) is 25.2 Å². The molecule has 4 aromatic rings. The first-order valence-electron chi connectivity index (χ1n) is 12.1. The van der Waals surface area contributed by atoms with Gasteiger partial charge in [0.2, 0.25) is 0 Å². The van der Waals surface area contributed by atoms with Crippen LogP contribution in [0.5, 0.6) is 17.2 Å². The number of nitrogens with zero attached hydrogens (tertiary/aromatic N) is 4. The van der Waals surface area contributed by atoms with Crippen molar-refractivity contribution in [3.63, 3.8) is 0 Å². The number of aromatic nitrogens is 3. The molecule has 1 aliphatic heterocycles. The smallest absolute Gasteiger partial charge is 0.182 e. The van der Waals surface area contributed by atoms with Crippen molar-refractivity contribution in [3.8, 4) is 28.5 Å². The van der Waals surface area contributed by atoms with Crippen molar-refractivity contribution >= 4 is 33.4 Å². The van der Waals surface area contributed by atoms with E-state index in [1.54, 1.807) is 19.2 Å². The van der Waals surface area contributed by atoms with Crippen molar-refractivity contribution < 1.29 is 19.0 Å². The number of rotatable bonds is 8. The van der Waals surface area contributed by atoms with Crippen LogP contribution >= 0.6 is 11.6 Å². The second-order valence-electron chi connectivity index (χ2n) is 8.89. The van der Waals surface area contributed by atoms with Gasteiger partial charge < -0.3 is 14.6 Å². The molecular formula is C26H29ClFN5O3. The Morgan fingerprint density at radius 2 is 2.03 bits per heavy atom. The number of halogens is 2. The van der Waals surface area contributed by atoms with Gasteiger partial charge in [-0.05, 0) is 31.5 Å². The van der Waals surface area contributed by atoms with Crippen LogP contribution in [0.3, 0.4) is 0 Å². The van der Waals surface area contributed by atoms with Crippen molar-refractivity contribution in [2.75, 3.05) is 33.4 Å². The lowest BCUT2D eigenvalue weighted by atomic mass is 9.99. The van der Waals surface area contributed by atoms with Gasteiger partial charge in [0.05, 0.1) is 23.2 Å². The first-order chi connectivity index (χ1) is 17.4. The maximum Gasteiger partial charge on any atom is 0.182 e. The monoisotopic (exact) mass is 513 g/mol. The van der Waals surface area contributed by atoms with E-state index >= 15 is 4.39 Å². The molecule has 0 spiro atoms. The molecule has 1 saturated heterocycles. The van der Waals surface area contributed by atoms with Crippen LogP contribution in [0.15, 0.2) is 24.3 Å². The van der Waals surface area contributed by atoms with Gasteiger partial charge in [-0.1, -0.05) is 25.4 Å². The van der Waals surface area contributed by atoms with Crippen LogP contribution < -0.4 is 9.47 Å². The highest BCUT2D eigenvalue weighted by Gasteiger charge is 2.33. The SMILES string of the molecule is CCC1CN(CCOc2cc(F)c3c(-c4ccc(O)c(Cl)c4)nc4n[nH]c(C)c4c3c2OC)N1CC. The van der Waals surface area contributed by atoms with Crippen molar-refractivity contribution in [2.24, 2.45) is 0 Å². The highest BCUT2D eigenvalue weighted by molar-refractivity contribution is 6.32. The summed E-state index contributed by atoms with van der Waals surface area (Å²) in [5, 5.41) is 23.3. The van der Waals surface area contributed by atoms with Gasteiger partial charge in [-0.2, -0.15) is 5.10 Å². The lowest BCUT2D eigenvalue weighted by molar-refractivity contribution is -0.162. The molecule has 1 unspecified atom stereocenters. The average Bonchev–Trinajstić information content (AvgIpc) is 3.23. The number of phenolic OH excluding ortho intramolecular Hbond substituents is 1. The Labute approximate surface area is 213 Å². The van der Waals surface area contributed by atoms with Crippen LogP contribution in [0.2, 0.25) is 5.02 Å². The number of phenols is 1. The van der Waals surface area contributed by atoms with Crippen LogP contribution in [0.1, 0.15) is 26.0 Å². The minimum absolute atomic E-state index is 0.0655. The Kier molecular flexibility index (Phi) is 6.63. The maximum absolute atomic E-state index is 15.8. The molecule has 3 heterocycles. The molecule has 1 aliphatic rings. The van der Waals surface area contributed by atoms with E-state index in [0.29, 0.717) is 58.4 Å². The number of hydrogen-bond acceptors (Lipinski definition) is 7. The number of fused-ring (bicyclic) bond motifs is 3. The summed E-state index contributed by atoms with van der Waals surface area (Å²) < 4.78 is 27.7. The van der Waals surface area contributed by atoms with E-state index in [1.807, 2.05) is 6.92 Å². The molecule has 2 N–H and O–H groups in total. The molecule has 2 aromatic carbocycles. The van der Waals surface area contributed by atoms with Gasteiger partial charge in [0, 0.05) is 53.8 Å². The number of hydrogen-bond donors (Lipinski definition) is 2. The van der Waals surface area contributed by atoms with Crippen LogP contribution in [0, 0.1) is 12.7 Å². The number of H-pyrrole nitrogens is 1. The van der Waals surface area contributed by atoms with Crippen molar-refractivity contribution in [2.45, 2.75) is 33.2 Å². The van der Waals surface area contributed by atoms with Gasteiger partial charge in [-0.15, -0.1) is 0 Å². The molecule has 5 rings (SSSR count). The predicted molar refractivity (Wildman–Crippen MR) is 138 cm³/mol. The zero-order valence-electron chi connectivity index (χ0n) is 20.7. The number of methoxy groups -OCH3 is 1. The molecule has 0 saturated carbocycles. The van der Waals surface area contributed by atoms with Gasteiger partial charge >= 0.3 is 0 Å². The minimum Gasteiger partial charge on any atom is -0.506 e. The predicted octanol–water partition coefficient (Wildman–Crippen LogP) is 5.30. The molecule has 10 heteroatoms. The molecule has 0 aliphatic carbocycles. The Morgan fingerprint density at radius 1 is 1.22 bits per heavy atom. The second-order valence-corrected chi connectivity index (χ2v) is 9.30. The molecule has 8 nitrogen and oxygen atoms in total. The third-order valence-corrected chi connectivity index (χ3v) is 7.17. The second kappa shape index (κ2) is 9.72. The summed E-state index contributed by atoms with van der Waals surface area (Å²) in [6.07, 6.45) is 1.11. The third kappa shape index (κ3) is 4.01. The highest BCUT2D eigenvalue weighted by Crippen LogP contribution is 2.45. The van der Waals surface area contributed by atoms with Crippen LogP contribution in [-0.2, 0) is 0 Å². The average molecular weight is 514 g/mol. The zero-order chi connectivity index (χ0) is 25.6. The lowest BCUT2D eigenvalue weighted by Gasteiger charge is -2.50. The summed E-state index contributed by atoms with van der Waals surface area (Å²) in [6, 6.07) is 6.56. The standard InChI is InChI=1S/C26H29ClFN5O3/c1-5-16-13-32(33(16)6-2)9-10-36-20-12-18(28)22-23(25(20)35-4)21-14(3)30-31-26(21)29-24(22)15-7-8-19(34)17(27)11-15/h7-8,11-12,16,34H,5-6,9-10,13H2,1-4H3,(H,29,30,31). The van der Waals surface area contributed by atoms with Crippen LogP contribution in [-0.4, -0.2) is 69.7 Å². The van der Waals surface area contributed by atoms with E-state index in [0.717, 1.165) is 25.2 Å². The Morgan fingerprint density at radius 3 is 2.72 bits per heavy atom. The largest absolute Gasteiger partial charge is 0.506 e. The normalized spacial score (nSPS) is 16.6. The number of aromatic amines is 1. The fraction of sp³-hybridized carbons (Fsp3) is 0.385. The number of pyridine rings is 1. The van der Waals surface area contributed by atoms with Crippen molar-refractivity contribution in [3.05, 3.63) is 40.8 Å². The summed E-state index contributed by atoms with van der Waals surface area (Å²) in [6.45, 7) is 9.21. The van der Waals surface area contributed by atoms with E-state index in [2.05, 4.69) is 39.0 Å². The van der Waals surface area contributed by atoms with Gasteiger partial charge in [0.15, 0.2) is 17.1 Å². The first-order valence-corrected chi connectivity index (χ1v) is 12.4. The molecular weight excluding hydrogens is 485 g/mol. The van der Waals surface area contributed by atoms with Crippen LogP contribution in [0.4, 0.5) is 4.39 Å². The quantitative estimate of drug-likeness (QED) is 0.330. The number of ether oxygens (including phenoxy) is 2. The molecule has 2 aromatic heterocycles. The summed E-state index contributed by atoms with van der Waals surface area (Å²) in [5.74, 6) is 0.169. The van der Waals surface area contributed by atoms with Crippen LogP contribution in [0.25, 0.3) is 33.1 Å². The van der Waals surface area contributed by atoms with E-state index < -0.39 is 5.82 Å². The summed E-state index contributed by atoms with van der Waals surface area (Å²) >= 11 is 6.15. The molecule has 190 valence electrons. The van der Waals surface area contributed by atoms with E-state index in [-0.39, 0.29) is 16.2 Å². The number of hydrazine groups is 1. The fourth-order valence-electron chi connectivity index (χ4n) is 5.07. The van der Waals surface area contributed by atoms with E-state index in [1.165, 1.54) is 12.1 Å². The summed E-state index contributed by atoms with van der Waals surface area (Å²) in [4.78, 5) is 4.64. The summed E-state index contributed by atoms with van der Waals surface area (Å²) in [7, 11) is 1.54. The Balaban J connectivity index is 1.59. The maximum atomic E-state index is 15.8. The zero-order valence-corrected chi connectivity index (χ0v) is 21.5. The molecule has 36 heavy (non-hydrogen) atoms. The number of aryl methyl sites for hydroxylation is 1. The van der Waals surface area contributed by atoms with E-state index in [4.69, 9.17) is 21.1 Å². The van der Waals surface area contributed by atoms with Gasteiger partial charge in [0.25, 0.3) is 0 Å². The highest BCUT2D eigenvalue weighted by atomic mass is 35.5. The van der Waals surface area contributed by atoms with Gasteiger partial charge in [0.1, 0.15) is 18.2 Å². The Hall–Kier alpha value is -3.14. The number of nitrogens with one attached hydrogen (secondary N) is 1. The summed E-state index contributed by atoms with van der Waals surface area (Å²) in [5.41, 5.74) is 2.04. The number of likely N-dealkylation sites (N-methyl/N-ethyl adjacent to an activating group) is 1. The minimum atomic E-state index is -0.500. The topological polar surface area (TPSA) is 86.7 Å². The van der Waals surface area contributed by atoms with Crippen molar-refractivity contribution in [1.29, 1.82) is 0 Å². The lowest BCUT2D eigenvalue weighted by Crippen LogP contribution is -2.64. The van der Waals surface area contributed by atoms with Gasteiger partial charge in [-0.3, -0.25) is 5.10 Å². The molecule has 1 atom stereocenters. The third-order valence-electron chi connectivity index (χ3n) is 6.86. The number of aromatic hydroxyl groups is 1. The molecule has 0 bridgehead atoms. The van der Waals surface area contributed by atoms with Gasteiger partial charge in [-0.25, -0.2) is 19.4 Å². The first kappa shape index (κ1) is 24.5. The fourth-order valence-corrected chi connectivity index (χ4v) is 5.25. The van der Waals surface area contributed by atoms with E-state index in [9.17, 15) is 5.11 Å².